The predicted octanol–water partition coefficient (Wildman–Crippen LogP) is 6.08. The van der Waals surface area contributed by atoms with Crippen LogP contribution in [0.4, 0.5) is 11.4 Å². The molecule has 2 aromatic carbocycles. The normalized spacial score (nSPS) is 14.5. The molecule has 0 saturated heterocycles. The monoisotopic (exact) mass is 419 g/mol. The van der Waals surface area contributed by atoms with Crippen LogP contribution in [0.2, 0.25) is 0 Å². The molecule has 152 valence electrons. The smallest absolute Gasteiger partial charge is 0.267 e. The maximum Gasteiger partial charge on any atom is 0.267 e. The van der Waals surface area contributed by atoms with Crippen LogP contribution in [-0.2, 0) is 16.5 Å². The summed E-state index contributed by atoms with van der Waals surface area (Å²) >= 11 is 1.81. The SMILES string of the molecule is CCCCCCc1cccc2c1Sc1ccccc1N2CCC(C)S(=O)(=O)O. The summed E-state index contributed by atoms with van der Waals surface area (Å²) in [5, 5.41) is -0.782. The van der Waals surface area contributed by atoms with E-state index < -0.39 is 15.4 Å². The summed E-state index contributed by atoms with van der Waals surface area (Å²) in [5.41, 5.74) is 3.60. The van der Waals surface area contributed by atoms with E-state index in [1.54, 1.807) is 6.92 Å². The van der Waals surface area contributed by atoms with Gasteiger partial charge in [-0.05, 0) is 49.9 Å². The van der Waals surface area contributed by atoms with Gasteiger partial charge in [0.15, 0.2) is 0 Å². The third-order valence-corrected chi connectivity index (χ3v) is 7.80. The predicted molar refractivity (Wildman–Crippen MR) is 117 cm³/mol. The Hall–Kier alpha value is -1.50. The lowest BCUT2D eigenvalue weighted by Gasteiger charge is -2.34. The Morgan fingerprint density at radius 3 is 2.54 bits per heavy atom. The van der Waals surface area contributed by atoms with E-state index in [4.69, 9.17) is 0 Å². The number of unbranched alkanes of at least 4 members (excludes halogenated alkanes) is 3. The highest BCUT2D eigenvalue weighted by molar-refractivity contribution is 7.99. The fourth-order valence-electron chi connectivity index (χ4n) is 3.55. The fourth-order valence-corrected chi connectivity index (χ4v) is 5.18. The van der Waals surface area contributed by atoms with Crippen molar-refractivity contribution in [2.75, 3.05) is 11.4 Å². The quantitative estimate of drug-likeness (QED) is 0.394. The van der Waals surface area contributed by atoms with Crippen molar-refractivity contribution in [1.29, 1.82) is 0 Å². The first-order valence-corrected chi connectivity index (χ1v) is 12.4. The Morgan fingerprint density at radius 2 is 1.79 bits per heavy atom. The number of hydrogen-bond donors (Lipinski definition) is 1. The van der Waals surface area contributed by atoms with Crippen molar-refractivity contribution >= 4 is 33.3 Å². The molecule has 0 saturated carbocycles. The Balaban J connectivity index is 1.89. The molecular weight excluding hydrogens is 390 g/mol. The first kappa shape index (κ1) is 21.2. The largest absolute Gasteiger partial charge is 0.340 e. The number of anilines is 2. The van der Waals surface area contributed by atoms with Gasteiger partial charge in [0.1, 0.15) is 0 Å². The summed E-state index contributed by atoms with van der Waals surface area (Å²) in [4.78, 5) is 4.67. The zero-order valence-corrected chi connectivity index (χ0v) is 18.2. The Kier molecular flexibility index (Phi) is 7.07. The number of para-hydroxylation sites is 1. The van der Waals surface area contributed by atoms with Crippen LogP contribution in [0.15, 0.2) is 52.3 Å². The zero-order chi connectivity index (χ0) is 20.1. The van der Waals surface area contributed by atoms with Crippen molar-refractivity contribution in [3.8, 4) is 0 Å². The lowest BCUT2D eigenvalue weighted by atomic mass is 10.0. The van der Waals surface area contributed by atoms with Crippen LogP contribution in [0.1, 0.15) is 51.5 Å². The molecule has 1 aliphatic heterocycles. The van der Waals surface area contributed by atoms with Gasteiger partial charge < -0.3 is 4.90 Å². The molecule has 1 aliphatic rings. The minimum atomic E-state index is -4.02. The van der Waals surface area contributed by atoms with Crippen molar-refractivity contribution in [3.63, 3.8) is 0 Å². The molecule has 1 heterocycles. The summed E-state index contributed by atoms with van der Waals surface area (Å²) in [6, 6.07) is 14.7. The highest BCUT2D eigenvalue weighted by atomic mass is 32.2. The van der Waals surface area contributed by atoms with Gasteiger partial charge in [-0.15, -0.1) is 0 Å². The second-order valence-corrected chi connectivity index (χ2v) is 10.3. The summed E-state index contributed by atoms with van der Waals surface area (Å²) in [7, 11) is -4.02. The molecule has 28 heavy (non-hydrogen) atoms. The average molecular weight is 420 g/mol. The zero-order valence-electron chi connectivity index (χ0n) is 16.6. The summed E-state index contributed by atoms with van der Waals surface area (Å²) in [6.07, 6.45) is 6.37. The van der Waals surface area contributed by atoms with Crippen LogP contribution in [0.25, 0.3) is 0 Å². The molecule has 0 spiro atoms. The van der Waals surface area contributed by atoms with E-state index in [-0.39, 0.29) is 0 Å². The maximum atomic E-state index is 11.5. The molecule has 0 radical (unpaired) electrons. The van der Waals surface area contributed by atoms with Crippen LogP contribution in [-0.4, -0.2) is 24.8 Å². The van der Waals surface area contributed by atoms with Gasteiger partial charge in [-0.1, -0.05) is 62.2 Å². The highest BCUT2D eigenvalue weighted by Crippen LogP contribution is 2.49. The lowest BCUT2D eigenvalue weighted by molar-refractivity contribution is 0.466. The van der Waals surface area contributed by atoms with Gasteiger partial charge in [-0.3, -0.25) is 4.55 Å². The van der Waals surface area contributed by atoms with Crippen LogP contribution >= 0.6 is 11.8 Å². The van der Waals surface area contributed by atoms with E-state index in [0.29, 0.717) is 13.0 Å². The molecule has 1 unspecified atom stereocenters. The van der Waals surface area contributed by atoms with Gasteiger partial charge in [-0.25, -0.2) is 0 Å². The van der Waals surface area contributed by atoms with Crippen LogP contribution < -0.4 is 4.90 Å². The standard InChI is InChI=1S/C22H29NO3S2/c1-3-4-5-6-10-18-11-9-13-20-22(18)27-21-14-8-7-12-19(21)23(20)16-15-17(2)28(24,25)26/h7-9,11-14,17H,3-6,10,15-16H2,1-2H3,(H,24,25,26). The van der Waals surface area contributed by atoms with E-state index in [1.807, 2.05) is 23.9 Å². The van der Waals surface area contributed by atoms with Crippen molar-refractivity contribution < 1.29 is 13.0 Å². The Morgan fingerprint density at radius 1 is 1.04 bits per heavy atom. The van der Waals surface area contributed by atoms with Gasteiger partial charge in [0.25, 0.3) is 10.1 Å². The lowest BCUT2D eigenvalue weighted by Crippen LogP contribution is -2.27. The minimum Gasteiger partial charge on any atom is -0.340 e. The van der Waals surface area contributed by atoms with E-state index in [2.05, 4.69) is 42.2 Å². The molecule has 0 bridgehead atoms. The number of fused-ring (bicyclic) bond motifs is 2. The minimum absolute atomic E-state index is 0.373. The number of benzene rings is 2. The van der Waals surface area contributed by atoms with Crippen molar-refractivity contribution in [3.05, 3.63) is 48.0 Å². The number of aryl methyl sites for hydroxylation is 1. The van der Waals surface area contributed by atoms with Gasteiger partial charge in [0.2, 0.25) is 0 Å². The molecule has 1 atom stereocenters. The van der Waals surface area contributed by atoms with Gasteiger partial charge in [0, 0.05) is 16.3 Å². The van der Waals surface area contributed by atoms with Crippen LogP contribution in [0, 0.1) is 0 Å². The van der Waals surface area contributed by atoms with Crippen LogP contribution in [0.5, 0.6) is 0 Å². The molecule has 6 heteroatoms. The van der Waals surface area contributed by atoms with E-state index in [9.17, 15) is 13.0 Å². The Labute approximate surface area is 173 Å². The summed E-state index contributed by atoms with van der Waals surface area (Å²) in [6.45, 7) is 4.33. The summed E-state index contributed by atoms with van der Waals surface area (Å²) < 4.78 is 32.2. The van der Waals surface area contributed by atoms with Crippen LogP contribution in [0.3, 0.4) is 0 Å². The number of hydrogen-bond acceptors (Lipinski definition) is 4. The molecular formula is C22H29NO3S2. The molecule has 1 N–H and O–H groups in total. The van der Waals surface area contributed by atoms with Gasteiger partial charge in [-0.2, -0.15) is 8.42 Å². The van der Waals surface area contributed by atoms with Gasteiger partial charge in [0.05, 0.1) is 16.6 Å². The topological polar surface area (TPSA) is 57.6 Å². The third kappa shape index (κ3) is 4.91. The maximum absolute atomic E-state index is 11.5. The first-order valence-electron chi connectivity index (χ1n) is 10.0. The Bertz CT molecular complexity index is 912. The third-order valence-electron chi connectivity index (χ3n) is 5.30. The molecule has 0 fully saturated rings. The molecule has 0 amide bonds. The van der Waals surface area contributed by atoms with Crippen molar-refractivity contribution in [2.45, 2.75) is 67.4 Å². The van der Waals surface area contributed by atoms with E-state index in [0.717, 1.165) is 17.8 Å². The second kappa shape index (κ2) is 9.33. The van der Waals surface area contributed by atoms with E-state index in [1.165, 1.54) is 41.0 Å². The van der Waals surface area contributed by atoms with E-state index >= 15 is 0 Å². The number of rotatable bonds is 9. The fraction of sp³-hybridized carbons (Fsp3) is 0.455. The second-order valence-electron chi connectivity index (χ2n) is 7.41. The summed E-state index contributed by atoms with van der Waals surface area (Å²) in [5.74, 6) is 0. The average Bonchev–Trinajstić information content (AvgIpc) is 2.67. The highest BCUT2D eigenvalue weighted by Gasteiger charge is 2.26. The van der Waals surface area contributed by atoms with Gasteiger partial charge >= 0.3 is 0 Å². The molecule has 4 nitrogen and oxygen atoms in total. The molecule has 2 aromatic rings. The number of nitrogens with zero attached hydrogens (tertiary/aromatic N) is 1. The van der Waals surface area contributed by atoms with Crippen molar-refractivity contribution in [1.82, 2.24) is 0 Å². The first-order chi connectivity index (χ1) is 13.4. The molecule has 0 aliphatic carbocycles. The molecule has 0 aromatic heterocycles. The van der Waals surface area contributed by atoms with Crippen molar-refractivity contribution in [2.24, 2.45) is 0 Å². The molecule has 3 rings (SSSR count).